The van der Waals surface area contributed by atoms with E-state index in [2.05, 4.69) is 10.1 Å². The average molecular weight is 560 g/mol. The van der Waals surface area contributed by atoms with Crippen molar-refractivity contribution in [2.24, 2.45) is 0 Å². The zero-order valence-electron chi connectivity index (χ0n) is 19.0. The molecule has 0 aliphatic rings. The number of aliphatic hydroxyl groups is 2. The van der Waals surface area contributed by atoms with Crippen LogP contribution in [0, 0.1) is 5.82 Å². The van der Waals surface area contributed by atoms with Crippen LogP contribution in [0.4, 0.5) is 17.6 Å². The summed E-state index contributed by atoms with van der Waals surface area (Å²) in [4.78, 5) is 17.5. The first-order valence-electron chi connectivity index (χ1n) is 10.8. The molecule has 2 heterocycles. The van der Waals surface area contributed by atoms with Gasteiger partial charge in [-0.3, -0.25) is 9.13 Å². The molecule has 2 atom stereocenters. The van der Waals surface area contributed by atoms with Gasteiger partial charge >= 0.3 is 11.9 Å². The first-order valence-corrected chi connectivity index (χ1v) is 11.5. The van der Waals surface area contributed by atoms with Crippen molar-refractivity contribution in [1.82, 2.24) is 23.9 Å². The Morgan fingerprint density at radius 3 is 2.32 bits per heavy atom. The van der Waals surface area contributed by atoms with E-state index < -0.39 is 43.0 Å². The smallest absolute Gasteiger partial charge is 0.385 e. The minimum absolute atomic E-state index is 0.0275. The van der Waals surface area contributed by atoms with E-state index in [1.165, 1.54) is 54.1 Å². The topological polar surface area (TPSA) is 98.1 Å². The molecule has 196 valence electrons. The molecular weight excluding hydrogens is 541 g/mol. The Labute approximate surface area is 216 Å². The van der Waals surface area contributed by atoms with Gasteiger partial charge in [-0.2, -0.15) is 13.2 Å². The predicted molar refractivity (Wildman–Crippen MR) is 127 cm³/mol. The number of imidazole rings is 1. The maximum absolute atomic E-state index is 13.8. The molecule has 0 unspecified atom stereocenters. The highest BCUT2D eigenvalue weighted by Gasteiger charge is 2.39. The van der Waals surface area contributed by atoms with Crippen LogP contribution in [-0.4, -0.2) is 46.4 Å². The third-order valence-corrected chi connectivity index (χ3v) is 6.05. The van der Waals surface area contributed by atoms with Gasteiger partial charge in [0.1, 0.15) is 17.1 Å². The van der Waals surface area contributed by atoms with Crippen LogP contribution in [0.3, 0.4) is 0 Å². The minimum atomic E-state index is -4.98. The quantitative estimate of drug-likeness (QED) is 0.328. The van der Waals surface area contributed by atoms with Crippen molar-refractivity contribution in [2.75, 3.05) is 0 Å². The van der Waals surface area contributed by atoms with Crippen molar-refractivity contribution in [2.45, 2.75) is 38.4 Å². The fourth-order valence-corrected chi connectivity index (χ4v) is 4.14. The van der Waals surface area contributed by atoms with Crippen LogP contribution in [0.5, 0.6) is 0 Å². The molecule has 2 aromatic heterocycles. The van der Waals surface area contributed by atoms with Gasteiger partial charge in [0.2, 0.25) is 0 Å². The minimum Gasteiger partial charge on any atom is -0.385 e. The molecule has 0 radical (unpaired) electrons. The molecule has 14 heteroatoms. The van der Waals surface area contributed by atoms with Crippen molar-refractivity contribution in [1.29, 1.82) is 0 Å². The second-order valence-electron chi connectivity index (χ2n) is 8.14. The highest BCUT2D eigenvalue weighted by atomic mass is 35.5. The van der Waals surface area contributed by atoms with Gasteiger partial charge in [0.05, 0.1) is 24.5 Å². The van der Waals surface area contributed by atoms with Crippen molar-refractivity contribution in [3.05, 3.63) is 86.7 Å². The molecule has 4 rings (SSSR count). The standard InChI is InChI=1S/C23H19Cl2F4N5O3/c1-12(35)21-30-18(31-34(21)16-4-2-3-15(26)9-16)11-33-20(25)19(13-5-7-14(24)8-6-13)32(22(33)37)10-17(36)23(27,28)29/h2-9,12,17,35-36H,10-11H2,1H3/t12-,17-/m0/s1. The lowest BCUT2D eigenvalue weighted by molar-refractivity contribution is -0.207. The molecule has 8 nitrogen and oxygen atoms in total. The Hall–Kier alpha value is -3.19. The molecular formula is C23H19Cl2F4N5O3. The molecule has 0 aliphatic carbocycles. The Kier molecular flexibility index (Phi) is 7.47. The molecule has 0 saturated carbocycles. The van der Waals surface area contributed by atoms with Gasteiger partial charge in [-0.25, -0.2) is 18.9 Å². The summed E-state index contributed by atoms with van der Waals surface area (Å²) >= 11 is 12.4. The number of hydrogen-bond donors (Lipinski definition) is 2. The van der Waals surface area contributed by atoms with Crippen LogP contribution in [0.25, 0.3) is 16.9 Å². The summed E-state index contributed by atoms with van der Waals surface area (Å²) in [6.07, 6.45) is -8.95. The van der Waals surface area contributed by atoms with E-state index in [0.717, 1.165) is 10.6 Å². The van der Waals surface area contributed by atoms with Crippen molar-refractivity contribution < 1.29 is 27.8 Å². The third-order valence-electron chi connectivity index (χ3n) is 5.42. The monoisotopic (exact) mass is 559 g/mol. The molecule has 2 N–H and O–H groups in total. The van der Waals surface area contributed by atoms with E-state index in [9.17, 15) is 32.6 Å². The maximum atomic E-state index is 13.8. The number of hydrogen-bond acceptors (Lipinski definition) is 5. The van der Waals surface area contributed by atoms with Gasteiger partial charge in [0.25, 0.3) is 0 Å². The Morgan fingerprint density at radius 2 is 1.73 bits per heavy atom. The maximum Gasteiger partial charge on any atom is 0.416 e. The normalized spacial score (nSPS) is 13.6. The lowest BCUT2D eigenvalue weighted by Gasteiger charge is -2.16. The van der Waals surface area contributed by atoms with Gasteiger partial charge in [-0.05, 0) is 37.3 Å². The molecule has 0 amide bonds. The summed E-state index contributed by atoms with van der Waals surface area (Å²) in [6, 6.07) is 11.2. The summed E-state index contributed by atoms with van der Waals surface area (Å²) in [7, 11) is 0. The number of aromatic nitrogens is 5. The highest BCUT2D eigenvalue weighted by molar-refractivity contribution is 6.32. The van der Waals surface area contributed by atoms with E-state index in [0.29, 0.717) is 9.59 Å². The zero-order chi connectivity index (χ0) is 27.1. The van der Waals surface area contributed by atoms with E-state index in [4.69, 9.17) is 23.2 Å². The van der Waals surface area contributed by atoms with Crippen molar-refractivity contribution >= 4 is 23.2 Å². The van der Waals surface area contributed by atoms with E-state index in [1.807, 2.05) is 0 Å². The summed E-state index contributed by atoms with van der Waals surface area (Å²) < 4.78 is 56.0. The van der Waals surface area contributed by atoms with Crippen molar-refractivity contribution in [3.63, 3.8) is 0 Å². The molecule has 0 spiro atoms. The predicted octanol–water partition coefficient (Wildman–Crippen LogP) is 4.37. The van der Waals surface area contributed by atoms with Crippen LogP contribution < -0.4 is 5.69 Å². The SMILES string of the molecule is C[C@H](O)c1nc(Cn2c(Cl)c(-c3ccc(Cl)cc3)n(C[C@H](O)C(F)(F)F)c2=O)nn1-c1cccc(F)c1. The largest absolute Gasteiger partial charge is 0.416 e. The number of alkyl halides is 3. The van der Waals surface area contributed by atoms with Gasteiger partial charge in [-0.1, -0.05) is 41.4 Å². The highest BCUT2D eigenvalue weighted by Crippen LogP contribution is 2.31. The van der Waals surface area contributed by atoms with E-state index in [-0.39, 0.29) is 33.7 Å². The van der Waals surface area contributed by atoms with Crippen LogP contribution >= 0.6 is 23.2 Å². The first-order chi connectivity index (χ1) is 17.4. The third kappa shape index (κ3) is 5.57. The van der Waals surface area contributed by atoms with E-state index in [1.54, 1.807) is 0 Å². The Balaban J connectivity index is 1.82. The molecule has 0 fully saturated rings. The van der Waals surface area contributed by atoms with E-state index >= 15 is 0 Å². The molecule has 2 aromatic carbocycles. The van der Waals surface area contributed by atoms with Gasteiger partial charge in [0.15, 0.2) is 17.8 Å². The number of aliphatic hydroxyl groups excluding tert-OH is 2. The molecule has 0 bridgehead atoms. The van der Waals surface area contributed by atoms with Crippen LogP contribution in [-0.2, 0) is 13.1 Å². The summed E-state index contributed by atoms with van der Waals surface area (Å²) in [5.74, 6) is -0.548. The molecule has 0 aliphatic heterocycles. The lowest BCUT2D eigenvalue weighted by atomic mass is 10.1. The summed E-state index contributed by atoms with van der Waals surface area (Å²) in [5.41, 5.74) is -0.505. The van der Waals surface area contributed by atoms with Gasteiger partial charge < -0.3 is 10.2 Å². The molecule has 0 saturated heterocycles. The van der Waals surface area contributed by atoms with Gasteiger partial charge in [-0.15, -0.1) is 5.10 Å². The fourth-order valence-electron chi connectivity index (χ4n) is 3.68. The van der Waals surface area contributed by atoms with Gasteiger partial charge in [0, 0.05) is 10.6 Å². The average Bonchev–Trinajstić information content (AvgIpc) is 3.35. The van der Waals surface area contributed by atoms with Crippen molar-refractivity contribution in [3.8, 4) is 16.9 Å². The molecule has 4 aromatic rings. The fraction of sp³-hybridized carbons (Fsp3) is 0.261. The summed E-state index contributed by atoms with van der Waals surface area (Å²) in [5, 5.41) is 24.2. The van der Waals surface area contributed by atoms with Crippen LogP contribution in [0.15, 0.2) is 53.3 Å². The zero-order valence-corrected chi connectivity index (χ0v) is 20.5. The number of benzene rings is 2. The Morgan fingerprint density at radius 1 is 1.05 bits per heavy atom. The summed E-state index contributed by atoms with van der Waals surface area (Å²) in [6.45, 7) is -0.0944. The number of rotatable bonds is 7. The second kappa shape index (κ2) is 10.3. The van der Waals surface area contributed by atoms with Crippen LogP contribution in [0.1, 0.15) is 24.7 Å². The molecule has 37 heavy (non-hydrogen) atoms. The second-order valence-corrected chi connectivity index (χ2v) is 8.93. The number of halogens is 6. The lowest BCUT2D eigenvalue weighted by Crippen LogP contribution is -2.37. The number of nitrogens with zero attached hydrogens (tertiary/aromatic N) is 5. The van der Waals surface area contributed by atoms with Crippen LogP contribution in [0.2, 0.25) is 10.2 Å². The Bertz CT molecular complexity index is 1480. The first kappa shape index (κ1) is 26.9.